The second-order valence-electron chi connectivity index (χ2n) is 6.23. The molecule has 0 aliphatic heterocycles. The molecule has 0 radical (unpaired) electrons. The summed E-state index contributed by atoms with van der Waals surface area (Å²) in [5.74, 6) is 0.645. The van der Waals surface area contributed by atoms with Gasteiger partial charge in [0.1, 0.15) is 5.54 Å². The highest BCUT2D eigenvalue weighted by Gasteiger charge is 2.40. The van der Waals surface area contributed by atoms with E-state index in [4.69, 9.17) is 5.73 Å². The van der Waals surface area contributed by atoms with E-state index in [1.165, 1.54) is 25.7 Å². The van der Waals surface area contributed by atoms with E-state index in [-0.39, 0.29) is 5.91 Å². The minimum Gasteiger partial charge on any atom is -0.368 e. The molecule has 2 rings (SSSR count). The molecule has 1 atom stereocenters. The van der Waals surface area contributed by atoms with Crippen LogP contribution in [0, 0.1) is 5.92 Å². The zero-order valence-electron chi connectivity index (χ0n) is 11.7. The Hall–Kier alpha value is -0.610. The number of nitrogens with zero attached hydrogens (tertiary/aromatic N) is 1. The third-order valence-electron chi connectivity index (χ3n) is 4.08. The molecule has 2 aliphatic rings. The third kappa shape index (κ3) is 3.69. The topological polar surface area (TPSA) is 58.4 Å². The smallest absolute Gasteiger partial charge is 0.238 e. The van der Waals surface area contributed by atoms with Crippen LogP contribution in [0.4, 0.5) is 0 Å². The van der Waals surface area contributed by atoms with Gasteiger partial charge in [-0.15, -0.1) is 0 Å². The van der Waals surface area contributed by atoms with Crippen molar-refractivity contribution in [3.8, 4) is 0 Å². The summed E-state index contributed by atoms with van der Waals surface area (Å²) in [5.41, 5.74) is 5.02. The number of primary amides is 1. The number of rotatable bonds is 9. The van der Waals surface area contributed by atoms with Gasteiger partial charge in [0.25, 0.3) is 0 Å². The van der Waals surface area contributed by atoms with E-state index >= 15 is 0 Å². The highest BCUT2D eigenvalue weighted by molar-refractivity contribution is 5.84. The molecule has 2 saturated carbocycles. The largest absolute Gasteiger partial charge is 0.368 e. The number of hydrogen-bond acceptors (Lipinski definition) is 3. The molecule has 0 bridgehead atoms. The lowest BCUT2D eigenvalue weighted by atomic mass is 10.00. The maximum Gasteiger partial charge on any atom is 0.238 e. The summed E-state index contributed by atoms with van der Waals surface area (Å²) in [5, 5.41) is 3.34. The van der Waals surface area contributed by atoms with E-state index < -0.39 is 5.54 Å². The van der Waals surface area contributed by atoms with Gasteiger partial charge in [-0.25, -0.2) is 0 Å². The van der Waals surface area contributed by atoms with Crippen LogP contribution in [0.1, 0.15) is 46.0 Å². The molecule has 1 amide bonds. The molecule has 0 spiro atoms. The van der Waals surface area contributed by atoms with Crippen molar-refractivity contribution in [3.05, 3.63) is 0 Å². The average molecular weight is 253 g/mol. The molecule has 2 aliphatic carbocycles. The first kappa shape index (κ1) is 13.8. The molecule has 1 unspecified atom stereocenters. The van der Waals surface area contributed by atoms with Gasteiger partial charge in [0, 0.05) is 19.1 Å². The van der Waals surface area contributed by atoms with Crippen LogP contribution in [0.15, 0.2) is 0 Å². The molecule has 4 heteroatoms. The maximum atomic E-state index is 11.7. The number of nitrogens with one attached hydrogen (secondary N) is 1. The van der Waals surface area contributed by atoms with Gasteiger partial charge in [-0.1, -0.05) is 6.92 Å². The third-order valence-corrected chi connectivity index (χ3v) is 4.08. The van der Waals surface area contributed by atoms with Crippen molar-refractivity contribution >= 4 is 5.91 Å². The molecule has 104 valence electrons. The van der Waals surface area contributed by atoms with Crippen molar-refractivity contribution in [3.63, 3.8) is 0 Å². The van der Waals surface area contributed by atoms with E-state index in [9.17, 15) is 4.79 Å². The Morgan fingerprint density at radius 3 is 2.50 bits per heavy atom. The monoisotopic (exact) mass is 253 g/mol. The van der Waals surface area contributed by atoms with E-state index in [1.54, 1.807) is 0 Å². The summed E-state index contributed by atoms with van der Waals surface area (Å²) in [6, 6.07) is 0.702. The molecule has 3 N–H and O–H groups in total. The van der Waals surface area contributed by atoms with Crippen LogP contribution in [0.2, 0.25) is 0 Å². The fraction of sp³-hybridized carbons (Fsp3) is 0.929. The van der Waals surface area contributed by atoms with Gasteiger partial charge in [0.05, 0.1) is 0 Å². The molecule has 18 heavy (non-hydrogen) atoms. The predicted octanol–water partition coefficient (Wildman–Crippen LogP) is 1.10. The van der Waals surface area contributed by atoms with Gasteiger partial charge >= 0.3 is 0 Å². The van der Waals surface area contributed by atoms with Crippen molar-refractivity contribution in [1.82, 2.24) is 10.2 Å². The Kier molecular flexibility index (Phi) is 4.28. The summed E-state index contributed by atoms with van der Waals surface area (Å²) in [6.07, 6.45) is 6.32. The first-order valence-corrected chi connectivity index (χ1v) is 7.34. The average Bonchev–Trinajstić information content (AvgIpc) is 3.14. The van der Waals surface area contributed by atoms with Crippen LogP contribution in [-0.4, -0.2) is 42.0 Å². The molecular formula is C14H27N3O. The molecule has 4 nitrogen and oxygen atoms in total. The summed E-state index contributed by atoms with van der Waals surface area (Å²) in [6.45, 7) is 6.83. The van der Waals surface area contributed by atoms with E-state index in [0.717, 1.165) is 32.0 Å². The SMILES string of the molecule is CCCNC(C)(CN(CC1CC1)C1CC1)C(N)=O. The van der Waals surface area contributed by atoms with Gasteiger partial charge in [0.15, 0.2) is 0 Å². The standard InChI is InChI=1S/C14H27N3O/c1-3-8-16-14(2,13(15)18)10-17(12-6-7-12)9-11-4-5-11/h11-12,16H,3-10H2,1-2H3,(H2,15,18). The number of amides is 1. The predicted molar refractivity (Wildman–Crippen MR) is 73.2 cm³/mol. The highest BCUT2D eigenvalue weighted by atomic mass is 16.1. The Morgan fingerprint density at radius 1 is 1.39 bits per heavy atom. The lowest BCUT2D eigenvalue weighted by molar-refractivity contribution is -0.124. The van der Waals surface area contributed by atoms with Crippen LogP contribution in [0.25, 0.3) is 0 Å². The second-order valence-corrected chi connectivity index (χ2v) is 6.23. The summed E-state index contributed by atoms with van der Waals surface area (Å²) < 4.78 is 0. The Bertz CT molecular complexity index is 299. The zero-order chi connectivity index (χ0) is 13.2. The van der Waals surface area contributed by atoms with Crippen LogP contribution in [-0.2, 0) is 4.79 Å². The van der Waals surface area contributed by atoms with Gasteiger partial charge in [-0.3, -0.25) is 9.69 Å². The molecule has 0 saturated heterocycles. The molecule has 0 aromatic rings. The van der Waals surface area contributed by atoms with Crippen molar-refractivity contribution in [1.29, 1.82) is 0 Å². The first-order chi connectivity index (χ1) is 8.55. The number of carbonyl (C=O) groups is 1. The fourth-order valence-corrected chi connectivity index (χ4v) is 2.44. The lowest BCUT2D eigenvalue weighted by Gasteiger charge is -2.34. The van der Waals surface area contributed by atoms with E-state index in [2.05, 4.69) is 17.1 Å². The highest BCUT2D eigenvalue weighted by Crippen LogP contribution is 2.35. The molecule has 0 aromatic heterocycles. The van der Waals surface area contributed by atoms with E-state index in [0.29, 0.717) is 6.04 Å². The zero-order valence-corrected chi connectivity index (χ0v) is 11.7. The minimum atomic E-state index is -0.576. The van der Waals surface area contributed by atoms with E-state index in [1.807, 2.05) is 6.92 Å². The van der Waals surface area contributed by atoms with Gasteiger partial charge in [-0.05, 0) is 51.5 Å². The van der Waals surface area contributed by atoms with Gasteiger partial charge in [0.2, 0.25) is 5.91 Å². The van der Waals surface area contributed by atoms with Crippen molar-refractivity contribution in [2.75, 3.05) is 19.6 Å². The van der Waals surface area contributed by atoms with Crippen LogP contribution in [0.5, 0.6) is 0 Å². The second kappa shape index (κ2) is 5.57. The summed E-state index contributed by atoms with van der Waals surface area (Å²) >= 11 is 0. The van der Waals surface area contributed by atoms with Crippen molar-refractivity contribution in [2.45, 2.75) is 57.5 Å². The normalized spacial score (nSPS) is 23.1. The minimum absolute atomic E-state index is 0.225. The first-order valence-electron chi connectivity index (χ1n) is 7.34. The van der Waals surface area contributed by atoms with Crippen LogP contribution < -0.4 is 11.1 Å². The number of nitrogens with two attached hydrogens (primary N) is 1. The summed E-state index contributed by atoms with van der Waals surface area (Å²) in [7, 11) is 0. The Morgan fingerprint density at radius 2 is 2.06 bits per heavy atom. The Labute approximate surface area is 110 Å². The number of hydrogen-bond donors (Lipinski definition) is 2. The summed E-state index contributed by atoms with van der Waals surface area (Å²) in [4.78, 5) is 14.2. The van der Waals surface area contributed by atoms with Crippen molar-refractivity contribution < 1.29 is 4.79 Å². The maximum absolute atomic E-state index is 11.7. The molecular weight excluding hydrogens is 226 g/mol. The fourth-order valence-electron chi connectivity index (χ4n) is 2.44. The van der Waals surface area contributed by atoms with Crippen LogP contribution in [0.3, 0.4) is 0 Å². The van der Waals surface area contributed by atoms with Crippen LogP contribution >= 0.6 is 0 Å². The molecule has 0 aromatic carbocycles. The lowest BCUT2D eigenvalue weighted by Crippen LogP contribution is -2.60. The Balaban J connectivity index is 1.93. The molecule has 2 fully saturated rings. The van der Waals surface area contributed by atoms with Gasteiger partial charge in [-0.2, -0.15) is 0 Å². The quantitative estimate of drug-likeness (QED) is 0.647. The molecule has 0 heterocycles. The van der Waals surface area contributed by atoms with Gasteiger partial charge < -0.3 is 11.1 Å². The number of carbonyl (C=O) groups excluding carboxylic acids is 1. The van der Waals surface area contributed by atoms with Crippen molar-refractivity contribution in [2.24, 2.45) is 11.7 Å².